The van der Waals surface area contributed by atoms with Crippen molar-refractivity contribution in [3.63, 3.8) is 0 Å². The second kappa shape index (κ2) is 5.53. The van der Waals surface area contributed by atoms with Crippen LogP contribution in [0.1, 0.15) is 22.0 Å². The Morgan fingerprint density at radius 2 is 1.88 bits per heavy atom. The molecule has 1 nitrogen and oxygen atoms in total. The van der Waals surface area contributed by atoms with Gasteiger partial charge >= 0.3 is 0 Å². The van der Waals surface area contributed by atoms with Gasteiger partial charge in [0.15, 0.2) is 0 Å². The fourth-order valence-electron chi connectivity index (χ4n) is 1.66. The van der Waals surface area contributed by atoms with Gasteiger partial charge in [0.1, 0.15) is 0 Å². The monoisotopic (exact) mass is 437 g/mol. The van der Waals surface area contributed by atoms with E-state index in [0.29, 0.717) is 0 Å². The average molecular weight is 440 g/mol. The first-order valence-electron chi connectivity index (χ1n) is 4.95. The zero-order valence-electron chi connectivity index (χ0n) is 9.01. The fourth-order valence-corrected chi connectivity index (χ4v) is 4.24. The van der Waals surface area contributed by atoms with E-state index in [1.54, 1.807) is 11.3 Å². The van der Waals surface area contributed by atoms with E-state index in [-0.39, 0.29) is 6.04 Å². The molecule has 1 aromatic carbocycles. The zero-order valence-corrected chi connectivity index (χ0v) is 14.6. The predicted molar refractivity (Wildman–Crippen MR) is 84.6 cm³/mol. The molecule has 1 heterocycles. The van der Waals surface area contributed by atoms with Gasteiger partial charge in [-0.3, -0.25) is 0 Å². The molecule has 1 atom stereocenters. The van der Waals surface area contributed by atoms with Gasteiger partial charge in [0.05, 0.1) is 9.83 Å². The third-order valence-electron chi connectivity index (χ3n) is 2.54. The van der Waals surface area contributed by atoms with Crippen LogP contribution < -0.4 is 5.73 Å². The first kappa shape index (κ1) is 13.7. The second-order valence-electron chi connectivity index (χ2n) is 3.75. The number of halogens is 3. The Bertz CT molecular complexity index is 531. The van der Waals surface area contributed by atoms with Crippen molar-refractivity contribution in [3.8, 4) is 0 Å². The van der Waals surface area contributed by atoms with Gasteiger partial charge in [0.2, 0.25) is 0 Å². The lowest BCUT2D eigenvalue weighted by Gasteiger charge is -2.13. The van der Waals surface area contributed by atoms with Crippen molar-refractivity contribution in [1.82, 2.24) is 0 Å². The first-order valence-corrected chi connectivity index (χ1v) is 8.15. The van der Waals surface area contributed by atoms with Crippen molar-refractivity contribution >= 4 is 59.1 Å². The van der Waals surface area contributed by atoms with Crippen LogP contribution >= 0.6 is 59.1 Å². The standard InChI is InChI=1S/C12H10Br3NS/c1-6-4-7(13)2-3-8(6)11(16)10-5-9(14)12(15)17-10/h2-5,11H,16H2,1H3. The Hall–Kier alpha value is 0.320. The molecule has 5 heteroatoms. The first-order chi connectivity index (χ1) is 7.99. The summed E-state index contributed by atoms with van der Waals surface area (Å²) in [6.07, 6.45) is 0. The molecule has 0 aliphatic carbocycles. The summed E-state index contributed by atoms with van der Waals surface area (Å²) in [5.41, 5.74) is 8.67. The number of nitrogens with two attached hydrogens (primary N) is 1. The number of benzene rings is 1. The van der Waals surface area contributed by atoms with Gasteiger partial charge in [0.25, 0.3) is 0 Å². The molecule has 0 saturated heterocycles. The van der Waals surface area contributed by atoms with E-state index in [1.807, 2.05) is 6.07 Å². The predicted octanol–water partition coefficient (Wildman–Crippen LogP) is 5.39. The Labute approximate surface area is 130 Å². The molecule has 0 aliphatic rings. The molecule has 90 valence electrons. The van der Waals surface area contributed by atoms with Crippen molar-refractivity contribution in [2.24, 2.45) is 5.73 Å². The zero-order chi connectivity index (χ0) is 12.6. The molecule has 1 aromatic heterocycles. The number of aryl methyl sites for hydroxylation is 1. The Morgan fingerprint density at radius 1 is 1.18 bits per heavy atom. The summed E-state index contributed by atoms with van der Waals surface area (Å²) in [6.45, 7) is 2.08. The van der Waals surface area contributed by atoms with Crippen LogP contribution in [0.3, 0.4) is 0 Å². The molecule has 17 heavy (non-hydrogen) atoms. The highest BCUT2D eigenvalue weighted by Crippen LogP contribution is 2.37. The SMILES string of the molecule is Cc1cc(Br)ccc1C(N)c1cc(Br)c(Br)s1. The van der Waals surface area contributed by atoms with E-state index in [9.17, 15) is 0 Å². The second-order valence-corrected chi connectivity index (χ2v) is 7.92. The number of thiophene rings is 1. The smallest absolute Gasteiger partial charge is 0.0843 e. The van der Waals surface area contributed by atoms with E-state index < -0.39 is 0 Å². The Kier molecular flexibility index (Phi) is 4.47. The summed E-state index contributed by atoms with van der Waals surface area (Å²) in [4.78, 5) is 1.15. The molecule has 0 amide bonds. The minimum atomic E-state index is -0.0734. The third-order valence-corrected chi connectivity index (χ3v) is 6.37. The Morgan fingerprint density at radius 3 is 2.41 bits per heavy atom. The molecule has 0 bridgehead atoms. The molecule has 1 unspecified atom stereocenters. The molecule has 0 aliphatic heterocycles. The summed E-state index contributed by atoms with van der Waals surface area (Å²) in [5, 5.41) is 0. The van der Waals surface area contributed by atoms with Crippen molar-refractivity contribution in [3.05, 3.63) is 53.0 Å². The van der Waals surface area contributed by atoms with Crippen LogP contribution in [0.25, 0.3) is 0 Å². The van der Waals surface area contributed by atoms with E-state index in [4.69, 9.17) is 5.73 Å². The van der Waals surface area contributed by atoms with Crippen LogP contribution in [0.5, 0.6) is 0 Å². The maximum atomic E-state index is 6.30. The minimum Gasteiger partial charge on any atom is -0.320 e. The number of hydrogen-bond donors (Lipinski definition) is 1. The van der Waals surface area contributed by atoms with Crippen LogP contribution in [0.2, 0.25) is 0 Å². The number of hydrogen-bond acceptors (Lipinski definition) is 2. The van der Waals surface area contributed by atoms with Crippen LogP contribution in [0, 0.1) is 6.92 Å². The van der Waals surface area contributed by atoms with Gasteiger partial charge in [0, 0.05) is 13.8 Å². The highest BCUT2D eigenvalue weighted by atomic mass is 79.9. The van der Waals surface area contributed by atoms with Crippen molar-refractivity contribution in [2.75, 3.05) is 0 Å². The van der Waals surface area contributed by atoms with Gasteiger partial charge in [-0.1, -0.05) is 22.0 Å². The van der Waals surface area contributed by atoms with Gasteiger partial charge in [-0.15, -0.1) is 11.3 Å². The van der Waals surface area contributed by atoms with Crippen LogP contribution in [0.15, 0.2) is 37.0 Å². The van der Waals surface area contributed by atoms with Gasteiger partial charge in [-0.05, 0) is 68.1 Å². The largest absolute Gasteiger partial charge is 0.320 e. The Balaban J connectivity index is 2.39. The summed E-state index contributed by atoms with van der Waals surface area (Å²) in [5.74, 6) is 0. The molecule has 0 saturated carbocycles. The van der Waals surface area contributed by atoms with Crippen LogP contribution in [0.4, 0.5) is 0 Å². The van der Waals surface area contributed by atoms with Gasteiger partial charge in [-0.2, -0.15) is 0 Å². The summed E-state index contributed by atoms with van der Waals surface area (Å²) in [7, 11) is 0. The molecule has 0 radical (unpaired) electrons. The topological polar surface area (TPSA) is 26.0 Å². The molecule has 0 fully saturated rings. The third kappa shape index (κ3) is 3.01. The average Bonchev–Trinajstić information content (AvgIpc) is 2.58. The molecule has 2 rings (SSSR count). The molecule has 2 aromatic rings. The van der Waals surface area contributed by atoms with E-state index in [2.05, 4.69) is 72.9 Å². The molecular formula is C12H10Br3NS. The minimum absolute atomic E-state index is 0.0734. The van der Waals surface area contributed by atoms with Gasteiger partial charge < -0.3 is 5.73 Å². The van der Waals surface area contributed by atoms with Crippen molar-refractivity contribution < 1.29 is 0 Å². The maximum absolute atomic E-state index is 6.30. The maximum Gasteiger partial charge on any atom is 0.0843 e. The van der Waals surface area contributed by atoms with Crippen molar-refractivity contribution in [2.45, 2.75) is 13.0 Å². The van der Waals surface area contributed by atoms with E-state index in [0.717, 1.165) is 23.2 Å². The van der Waals surface area contributed by atoms with Crippen LogP contribution in [-0.4, -0.2) is 0 Å². The molecular weight excluding hydrogens is 430 g/mol. The van der Waals surface area contributed by atoms with E-state index in [1.165, 1.54) is 5.56 Å². The quantitative estimate of drug-likeness (QED) is 0.666. The lowest BCUT2D eigenvalue weighted by Crippen LogP contribution is -2.11. The lowest BCUT2D eigenvalue weighted by molar-refractivity contribution is 0.881. The van der Waals surface area contributed by atoms with Crippen LogP contribution in [-0.2, 0) is 0 Å². The lowest BCUT2D eigenvalue weighted by atomic mass is 10.0. The summed E-state index contributed by atoms with van der Waals surface area (Å²) < 4.78 is 3.22. The number of rotatable bonds is 2. The summed E-state index contributed by atoms with van der Waals surface area (Å²) >= 11 is 12.1. The highest BCUT2D eigenvalue weighted by molar-refractivity contribution is 9.13. The molecule has 0 spiro atoms. The van der Waals surface area contributed by atoms with E-state index >= 15 is 0 Å². The normalized spacial score (nSPS) is 12.8. The summed E-state index contributed by atoms with van der Waals surface area (Å²) in [6, 6.07) is 8.19. The van der Waals surface area contributed by atoms with Crippen molar-refractivity contribution in [1.29, 1.82) is 0 Å². The molecule has 2 N–H and O–H groups in total. The fraction of sp³-hybridized carbons (Fsp3) is 0.167. The highest BCUT2D eigenvalue weighted by Gasteiger charge is 2.15. The van der Waals surface area contributed by atoms with Gasteiger partial charge in [-0.25, -0.2) is 0 Å².